The number of aryl methyl sites for hydroxylation is 1. The third kappa shape index (κ3) is 4.67. The molecule has 1 aromatic rings. The molecular formula is C14H21N3O. The second kappa shape index (κ2) is 6.91. The summed E-state index contributed by atoms with van der Waals surface area (Å²) in [5.74, 6) is 1.31. The van der Waals surface area contributed by atoms with E-state index in [0.717, 1.165) is 17.0 Å². The number of rotatable bonds is 4. The quantitative estimate of drug-likeness (QED) is 0.505. The maximum absolute atomic E-state index is 5.58. The fourth-order valence-electron chi connectivity index (χ4n) is 1.31. The number of benzene rings is 1. The number of hydrogen-bond acceptors (Lipinski definition) is 4. The smallest absolute Gasteiger partial charge is 0.211 e. The van der Waals surface area contributed by atoms with Crippen LogP contribution in [0.5, 0.6) is 5.75 Å². The van der Waals surface area contributed by atoms with Gasteiger partial charge >= 0.3 is 0 Å². The lowest BCUT2D eigenvalue weighted by Gasteiger charge is -2.08. The summed E-state index contributed by atoms with van der Waals surface area (Å²) in [6.45, 7) is 7.79. The second-order valence-corrected chi connectivity index (χ2v) is 4.29. The number of ether oxygens (including phenoxy) is 1. The number of nitrogens with one attached hydrogen (secondary N) is 1. The highest BCUT2D eigenvalue weighted by molar-refractivity contribution is 5.87. The van der Waals surface area contributed by atoms with Gasteiger partial charge in [0.2, 0.25) is 5.90 Å². The Balaban J connectivity index is 2.68. The second-order valence-electron chi connectivity index (χ2n) is 4.29. The van der Waals surface area contributed by atoms with Gasteiger partial charge in [0, 0.05) is 13.0 Å². The zero-order chi connectivity index (χ0) is 13.5. The van der Waals surface area contributed by atoms with Crippen molar-refractivity contribution < 1.29 is 4.74 Å². The summed E-state index contributed by atoms with van der Waals surface area (Å²) in [5, 5.41) is 11.3. The molecule has 0 aromatic heterocycles. The van der Waals surface area contributed by atoms with Gasteiger partial charge in [-0.15, -0.1) is 5.10 Å². The molecule has 1 N–H and O–H groups in total. The first kappa shape index (κ1) is 14.4. The fourth-order valence-corrected chi connectivity index (χ4v) is 1.31. The maximum Gasteiger partial charge on any atom is 0.211 e. The molecule has 4 nitrogen and oxygen atoms in total. The zero-order valence-electron chi connectivity index (χ0n) is 11.7. The molecule has 0 spiro atoms. The minimum absolute atomic E-state index is 0.209. The molecule has 0 aliphatic heterocycles. The molecule has 0 fully saturated rings. The van der Waals surface area contributed by atoms with Crippen LogP contribution in [0, 0.1) is 6.92 Å². The van der Waals surface area contributed by atoms with E-state index >= 15 is 0 Å². The summed E-state index contributed by atoms with van der Waals surface area (Å²) in [5.41, 5.74) is 2.08. The molecule has 0 bridgehead atoms. The van der Waals surface area contributed by atoms with Crippen LogP contribution < -0.4 is 10.1 Å². The van der Waals surface area contributed by atoms with Crippen molar-refractivity contribution in [2.24, 2.45) is 10.2 Å². The van der Waals surface area contributed by atoms with Crippen LogP contribution in [0.1, 0.15) is 26.3 Å². The van der Waals surface area contributed by atoms with Crippen molar-refractivity contribution in [1.82, 2.24) is 5.32 Å². The van der Waals surface area contributed by atoms with E-state index in [1.165, 1.54) is 0 Å². The van der Waals surface area contributed by atoms with Crippen LogP contribution in [0.4, 0.5) is 0 Å². The molecule has 0 aliphatic rings. The summed E-state index contributed by atoms with van der Waals surface area (Å²) in [6, 6.07) is 8.05. The van der Waals surface area contributed by atoms with E-state index in [0.29, 0.717) is 5.90 Å². The third-order valence-corrected chi connectivity index (χ3v) is 2.66. The third-order valence-electron chi connectivity index (χ3n) is 2.66. The first-order valence-corrected chi connectivity index (χ1v) is 6.03. The Kier molecular flexibility index (Phi) is 5.52. The fraction of sp³-hybridized carbons (Fsp3) is 0.429. The first-order valence-electron chi connectivity index (χ1n) is 6.03. The molecule has 0 aliphatic carbocycles. The molecule has 0 saturated heterocycles. The van der Waals surface area contributed by atoms with Crippen LogP contribution in [0.3, 0.4) is 0 Å². The van der Waals surface area contributed by atoms with E-state index in [1.807, 2.05) is 52.1 Å². The average Bonchev–Trinajstić information content (AvgIpc) is 2.35. The van der Waals surface area contributed by atoms with Crippen LogP contribution in [0.15, 0.2) is 34.5 Å². The Morgan fingerprint density at radius 2 is 2.00 bits per heavy atom. The van der Waals surface area contributed by atoms with Crippen LogP contribution >= 0.6 is 0 Å². The van der Waals surface area contributed by atoms with Crippen LogP contribution in [0.25, 0.3) is 0 Å². The van der Waals surface area contributed by atoms with Crippen LogP contribution in [-0.2, 0) is 0 Å². The van der Waals surface area contributed by atoms with Gasteiger partial charge in [0.1, 0.15) is 5.75 Å². The Hall–Kier alpha value is -1.68. The van der Waals surface area contributed by atoms with Gasteiger partial charge in [0.15, 0.2) is 0 Å². The van der Waals surface area contributed by atoms with Crippen molar-refractivity contribution in [1.29, 1.82) is 0 Å². The standard InChI is InChI=1S/C14H21N3O/c1-10-7-6-8-14(9-10)18-13(4)17-16-12(3)11(2)15-5/h6-9,11,15H,1-5H3/b16-12+,17-13+/t11-/m1/s1. The van der Waals surface area contributed by atoms with Gasteiger partial charge in [-0.2, -0.15) is 5.10 Å². The Bertz CT molecular complexity index is 452. The van der Waals surface area contributed by atoms with Crippen molar-refractivity contribution in [3.05, 3.63) is 29.8 Å². The van der Waals surface area contributed by atoms with E-state index in [9.17, 15) is 0 Å². The molecule has 0 saturated carbocycles. The molecule has 0 heterocycles. The van der Waals surface area contributed by atoms with Crippen molar-refractivity contribution in [2.45, 2.75) is 33.7 Å². The van der Waals surface area contributed by atoms with Gasteiger partial charge in [-0.05, 0) is 45.5 Å². The van der Waals surface area contributed by atoms with Crippen molar-refractivity contribution in [3.8, 4) is 5.75 Å². The van der Waals surface area contributed by atoms with Crippen LogP contribution in [0.2, 0.25) is 0 Å². The van der Waals surface area contributed by atoms with Crippen LogP contribution in [-0.4, -0.2) is 24.7 Å². The minimum atomic E-state index is 0.209. The van der Waals surface area contributed by atoms with Gasteiger partial charge in [-0.25, -0.2) is 0 Å². The molecule has 18 heavy (non-hydrogen) atoms. The highest BCUT2D eigenvalue weighted by atomic mass is 16.5. The van der Waals surface area contributed by atoms with Gasteiger partial charge in [-0.3, -0.25) is 0 Å². The van der Waals surface area contributed by atoms with E-state index in [1.54, 1.807) is 6.92 Å². The largest absolute Gasteiger partial charge is 0.442 e. The van der Waals surface area contributed by atoms with E-state index in [4.69, 9.17) is 4.74 Å². The van der Waals surface area contributed by atoms with E-state index in [2.05, 4.69) is 15.5 Å². The summed E-state index contributed by atoms with van der Waals surface area (Å²) < 4.78 is 5.58. The number of hydrogen-bond donors (Lipinski definition) is 1. The molecule has 0 unspecified atom stereocenters. The Labute approximate surface area is 109 Å². The SMILES string of the molecule is CN[C@H](C)/C(C)=N/N=C(\C)Oc1cccc(C)c1. The van der Waals surface area contributed by atoms with E-state index < -0.39 is 0 Å². The van der Waals surface area contributed by atoms with Gasteiger partial charge in [-0.1, -0.05) is 12.1 Å². The number of nitrogens with zero attached hydrogens (tertiary/aromatic N) is 2. The Morgan fingerprint density at radius 3 is 2.61 bits per heavy atom. The lowest BCUT2D eigenvalue weighted by molar-refractivity contribution is 0.543. The molecular weight excluding hydrogens is 226 g/mol. The predicted octanol–water partition coefficient (Wildman–Crippen LogP) is 2.78. The Morgan fingerprint density at radius 1 is 1.28 bits per heavy atom. The predicted molar refractivity (Wildman–Crippen MR) is 76.5 cm³/mol. The highest BCUT2D eigenvalue weighted by Gasteiger charge is 2.01. The van der Waals surface area contributed by atoms with Gasteiger partial charge in [0.25, 0.3) is 0 Å². The molecule has 1 rings (SSSR count). The maximum atomic E-state index is 5.58. The summed E-state index contributed by atoms with van der Waals surface area (Å²) >= 11 is 0. The van der Waals surface area contributed by atoms with E-state index in [-0.39, 0.29) is 6.04 Å². The summed E-state index contributed by atoms with van der Waals surface area (Å²) in [6.07, 6.45) is 0. The zero-order valence-corrected chi connectivity index (χ0v) is 11.7. The summed E-state index contributed by atoms with van der Waals surface area (Å²) in [4.78, 5) is 0. The first-order chi connectivity index (χ1) is 8.52. The van der Waals surface area contributed by atoms with Crippen molar-refractivity contribution >= 4 is 11.6 Å². The van der Waals surface area contributed by atoms with Gasteiger partial charge < -0.3 is 10.1 Å². The normalized spacial score (nSPS) is 14.5. The van der Waals surface area contributed by atoms with Gasteiger partial charge in [0.05, 0.1) is 5.71 Å². The molecule has 0 amide bonds. The average molecular weight is 247 g/mol. The van der Waals surface area contributed by atoms with Crippen molar-refractivity contribution in [2.75, 3.05) is 7.05 Å². The lowest BCUT2D eigenvalue weighted by atomic mass is 10.2. The molecule has 1 atom stereocenters. The monoisotopic (exact) mass is 247 g/mol. The molecule has 0 radical (unpaired) electrons. The summed E-state index contributed by atoms with van der Waals surface area (Å²) in [7, 11) is 1.89. The minimum Gasteiger partial charge on any atom is -0.442 e. The molecule has 98 valence electrons. The molecule has 4 heteroatoms. The lowest BCUT2D eigenvalue weighted by Crippen LogP contribution is -2.28. The topological polar surface area (TPSA) is 46.0 Å². The molecule has 1 aromatic carbocycles. The highest BCUT2D eigenvalue weighted by Crippen LogP contribution is 2.12. The van der Waals surface area contributed by atoms with Crippen molar-refractivity contribution in [3.63, 3.8) is 0 Å².